The van der Waals surface area contributed by atoms with E-state index in [1.165, 1.54) is 4.68 Å². The standard InChI is InChI=1S/C8H12BrN3O2/c1-2-12-8(14)7(9)6(5-11-12)10-3-4-13/h5,10,13H,2-4H2,1H3. The minimum Gasteiger partial charge on any atom is -0.395 e. The van der Waals surface area contributed by atoms with Gasteiger partial charge in [0.25, 0.3) is 5.56 Å². The highest BCUT2D eigenvalue weighted by molar-refractivity contribution is 9.10. The number of aromatic nitrogens is 2. The molecule has 1 rings (SSSR count). The van der Waals surface area contributed by atoms with E-state index in [4.69, 9.17) is 5.11 Å². The quantitative estimate of drug-likeness (QED) is 0.825. The molecule has 0 aliphatic rings. The van der Waals surface area contributed by atoms with Gasteiger partial charge in [0.15, 0.2) is 0 Å². The van der Waals surface area contributed by atoms with Gasteiger partial charge in [0.05, 0.1) is 18.5 Å². The Morgan fingerprint density at radius 2 is 2.43 bits per heavy atom. The molecule has 1 aromatic rings. The van der Waals surface area contributed by atoms with Crippen LogP contribution in [0, 0.1) is 0 Å². The molecular formula is C8H12BrN3O2. The van der Waals surface area contributed by atoms with Crippen LogP contribution < -0.4 is 10.9 Å². The maximum Gasteiger partial charge on any atom is 0.283 e. The van der Waals surface area contributed by atoms with Crippen molar-refractivity contribution in [1.29, 1.82) is 0 Å². The Balaban J connectivity index is 2.99. The highest BCUT2D eigenvalue weighted by Gasteiger charge is 2.06. The van der Waals surface area contributed by atoms with Crippen LogP contribution in [0.15, 0.2) is 15.5 Å². The maximum atomic E-state index is 11.5. The molecule has 2 N–H and O–H groups in total. The first-order chi connectivity index (χ1) is 6.70. The molecule has 78 valence electrons. The number of aliphatic hydroxyl groups is 1. The van der Waals surface area contributed by atoms with E-state index in [1.807, 2.05) is 6.92 Å². The molecule has 1 heterocycles. The smallest absolute Gasteiger partial charge is 0.283 e. The molecule has 0 aliphatic heterocycles. The Bertz CT molecular complexity index is 364. The molecule has 0 amide bonds. The van der Waals surface area contributed by atoms with Gasteiger partial charge in [-0.2, -0.15) is 5.10 Å². The zero-order valence-electron chi connectivity index (χ0n) is 7.83. The lowest BCUT2D eigenvalue weighted by Crippen LogP contribution is -2.24. The fraction of sp³-hybridized carbons (Fsp3) is 0.500. The minimum absolute atomic E-state index is 0.0172. The van der Waals surface area contributed by atoms with Gasteiger partial charge in [-0.25, -0.2) is 4.68 Å². The summed E-state index contributed by atoms with van der Waals surface area (Å²) in [4.78, 5) is 11.5. The molecule has 0 fully saturated rings. The van der Waals surface area contributed by atoms with Crippen molar-refractivity contribution in [3.8, 4) is 0 Å². The molecule has 14 heavy (non-hydrogen) atoms. The minimum atomic E-state index is -0.171. The Kier molecular flexibility index (Phi) is 4.09. The first kappa shape index (κ1) is 11.2. The summed E-state index contributed by atoms with van der Waals surface area (Å²) < 4.78 is 1.80. The van der Waals surface area contributed by atoms with Crippen LogP contribution in [-0.2, 0) is 6.54 Å². The molecule has 0 atom stereocenters. The van der Waals surface area contributed by atoms with Crippen molar-refractivity contribution in [3.63, 3.8) is 0 Å². The molecule has 6 heteroatoms. The Labute approximate surface area is 89.9 Å². The number of rotatable bonds is 4. The Morgan fingerprint density at radius 3 is 3.00 bits per heavy atom. The summed E-state index contributed by atoms with van der Waals surface area (Å²) in [6, 6.07) is 0. The van der Waals surface area contributed by atoms with Crippen molar-refractivity contribution >= 4 is 21.6 Å². The first-order valence-electron chi connectivity index (χ1n) is 4.31. The van der Waals surface area contributed by atoms with Gasteiger partial charge in [0, 0.05) is 13.1 Å². The zero-order valence-corrected chi connectivity index (χ0v) is 9.41. The molecule has 0 spiro atoms. The number of aryl methyl sites for hydroxylation is 1. The molecule has 0 bridgehead atoms. The molecular weight excluding hydrogens is 250 g/mol. The summed E-state index contributed by atoms with van der Waals surface area (Å²) in [5.41, 5.74) is 0.434. The van der Waals surface area contributed by atoms with Crippen LogP contribution in [0.4, 0.5) is 5.69 Å². The van der Waals surface area contributed by atoms with E-state index in [1.54, 1.807) is 6.20 Å². The van der Waals surface area contributed by atoms with E-state index >= 15 is 0 Å². The second kappa shape index (κ2) is 5.11. The van der Waals surface area contributed by atoms with E-state index in [2.05, 4.69) is 26.3 Å². The van der Waals surface area contributed by atoms with Crippen LogP contribution in [0.25, 0.3) is 0 Å². The first-order valence-corrected chi connectivity index (χ1v) is 5.10. The summed E-state index contributed by atoms with van der Waals surface area (Å²) in [5, 5.41) is 15.4. The maximum absolute atomic E-state index is 11.5. The number of nitrogens with zero attached hydrogens (tertiary/aromatic N) is 2. The highest BCUT2D eigenvalue weighted by atomic mass is 79.9. The molecule has 1 aromatic heterocycles. The summed E-state index contributed by atoms with van der Waals surface area (Å²) >= 11 is 3.18. The van der Waals surface area contributed by atoms with Crippen molar-refractivity contribution in [2.45, 2.75) is 13.5 Å². The summed E-state index contributed by atoms with van der Waals surface area (Å²) in [5.74, 6) is 0. The lowest BCUT2D eigenvalue weighted by molar-refractivity contribution is 0.311. The van der Waals surface area contributed by atoms with Crippen molar-refractivity contribution in [3.05, 3.63) is 21.0 Å². The van der Waals surface area contributed by atoms with Gasteiger partial charge in [-0.15, -0.1) is 0 Å². The van der Waals surface area contributed by atoms with Gasteiger partial charge in [0.2, 0.25) is 0 Å². The van der Waals surface area contributed by atoms with E-state index in [-0.39, 0.29) is 12.2 Å². The molecule has 0 saturated carbocycles. The van der Waals surface area contributed by atoms with E-state index < -0.39 is 0 Å². The van der Waals surface area contributed by atoms with E-state index in [0.717, 1.165) is 0 Å². The van der Waals surface area contributed by atoms with Crippen LogP contribution in [0.5, 0.6) is 0 Å². The van der Waals surface area contributed by atoms with E-state index in [9.17, 15) is 4.79 Å². The van der Waals surface area contributed by atoms with Crippen LogP contribution in [-0.4, -0.2) is 28.0 Å². The van der Waals surface area contributed by atoms with Crippen molar-refractivity contribution in [1.82, 2.24) is 9.78 Å². The predicted octanol–water partition coefficient (Wildman–Crippen LogP) is 0.430. The van der Waals surface area contributed by atoms with Gasteiger partial charge in [-0.3, -0.25) is 4.79 Å². The van der Waals surface area contributed by atoms with Gasteiger partial charge in [-0.05, 0) is 22.9 Å². The fourth-order valence-electron chi connectivity index (χ4n) is 1.00. The molecule has 0 unspecified atom stereocenters. The van der Waals surface area contributed by atoms with Gasteiger partial charge in [0.1, 0.15) is 4.47 Å². The van der Waals surface area contributed by atoms with Crippen molar-refractivity contribution in [2.75, 3.05) is 18.5 Å². The highest BCUT2D eigenvalue weighted by Crippen LogP contribution is 2.15. The summed E-state index contributed by atoms with van der Waals surface area (Å²) in [7, 11) is 0. The molecule has 0 saturated heterocycles. The zero-order chi connectivity index (χ0) is 10.6. The topological polar surface area (TPSA) is 67.2 Å². The number of hydrogen-bond acceptors (Lipinski definition) is 4. The molecule has 0 radical (unpaired) electrons. The fourth-order valence-corrected chi connectivity index (χ4v) is 1.45. The third-order valence-electron chi connectivity index (χ3n) is 1.71. The Hall–Kier alpha value is -0.880. The number of halogens is 1. The molecule has 5 nitrogen and oxygen atoms in total. The lowest BCUT2D eigenvalue weighted by atomic mass is 10.4. The Morgan fingerprint density at radius 1 is 1.71 bits per heavy atom. The second-order valence-corrected chi connectivity index (χ2v) is 3.44. The number of nitrogens with one attached hydrogen (secondary N) is 1. The van der Waals surface area contributed by atoms with E-state index in [0.29, 0.717) is 23.2 Å². The van der Waals surface area contributed by atoms with Crippen LogP contribution in [0.2, 0.25) is 0 Å². The van der Waals surface area contributed by atoms with Crippen LogP contribution in [0.3, 0.4) is 0 Å². The molecule has 0 aromatic carbocycles. The van der Waals surface area contributed by atoms with Crippen LogP contribution in [0.1, 0.15) is 6.92 Å². The van der Waals surface area contributed by atoms with Crippen molar-refractivity contribution in [2.24, 2.45) is 0 Å². The normalized spacial score (nSPS) is 10.2. The number of anilines is 1. The number of hydrogen-bond donors (Lipinski definition) is 2. The lowest BCUT2D eigenvalue weighted by Gasteiger charge is -2.07. The third-order valence-corrected chi connectivity index (χ3v) is 2.48. The second-order valence-electron chi connectivity index (χ2n) is 2.64. The average Bonchev–Trinajstić information content (AvgIpc) is 2.20. The van der Waals surface area contributed by atoms with Gasteiger partial charge >= 0.3 is 0 Å². The number of aliphatic hydroxyl groups excluding tert-OH is 1. The van der Waals surface area contributed by atoms with Crippen molar-refractivity contribution < 1.29 is 5.11 Å². The predicted molar refractivity (Wildman–Crippen MR) is 57.4 cm³/mol. The average molecular weight is 262 g/mol. The monoisotopic (exact) mass is 261 g/mol. The third kappa shape index (κ3) is 2.33. The van der Waals surface area contributed by atoms with Gasteiger partial charge < -0.3 is 10.4 Å². The van der Waals surface area contributed by atoms with Gasteiger partial charge in [-0.1, -0.05) is 0 Å². The van der Waals surface area contributed by atoms with Crippen LogP contribution >= 0.6 is 15.9 Å². The summed E-state index contributed by atoms with van der Waals surface area (Å²) in [6.45, 7) is 2.80. The molecule has 0 aliphatic carbocycles. The largest absolute Gasteiger partial charge is 0.395 e. The SMILES string of the molecule is CCn1ncc(NCCO)c(Br)c1=O. The summed E-state index contributed by atoms with van der Waals surface area (Å²) in [6.07, 6.45) is 1.56.